The Kier molecular flexibility index (Phi) is 5.43. The molecule has 2 aromatic rings. The molecule has 0 amide bonds. The summed E-state index contributed by atoms with van der Waals surface area (Å²) in [6.45, 7) is 18.6. The molecular formula is C20H30BrNO3Si. The van der Waals surface area contributed by atoms with E-state index in [0.717, 1.165) is 26.8 Å². The fourth-order valence-electron chi connectivity index (χ4n) is 2.44. The Morgan fingerprint density at radius 3 is 2.19 bits per heavy atom. The highest BCUT2D eigenvalue weighted by Crippen LogP contribution is 2.42. The van der Waals surface area contributed by atoms with Crippen molar-refractivity contribution in [3.05, 3.63) is 28.4 Å². The van der Waals surface area contributed by atoms with Crippen molar-refractivity contribution in [2.75, 3.05) is 0 Å². The highest BCUT2D eigenvalue weighted by Gasteiger charge is 2.40. The van der Waals surface area contributed by atoms with Gasteiger partial charge in [-0.3, -0.25) is 0 Å². The summed E-state index contributed by atoms with van der Waals surface area (Å²) < 4.78 is 14.8. The Morgan fingerprint density at radius 1 is 1.12 bits per heavy atom. The van der Waals surface area contributed by atoms with Gasteiger partial charge in [-0.15, -0.1) is 0 Å². The first-order valence-electron chi connectivity index (χ1n) is 8.87. The van der Waals surface area contributed by atoms with Crippen LogP contribution in [0.5, 0.6) is 5.75 Å². The maximum atomic E-state index is 12.8. The van der Waals surface area contributed by atoms with E-state index in [1.807, 2.05) is 45.9 Å². The lowest BCUT2D eigenvalue weighted by Crippen LogP contribution is -2.44. The summed E-state index contributed by atoms with van der Waals surface area (Å²) in [7, 11) is -2.06. The highest BCUT2D eigenvalue weighted by molar-refractivity contribution is 9.10. The Labute approximate surface area is 166 Å². The summed E-state index contributed by atoms with van der Waals surface area (Å²) in [5, 5.41) is 0.985. The topological polar surface area (TPSA) is 40.5 Å². The Hall–Kier alpha value is -1.27. The summed E-state index contributed by atoms with van der Waals surface area (Å²) in [5.74, 6) is 0.777. The average molecular weight is 440 g/mol. The summed E-state index contributed by atoms with van der Waals surface area (Å²) >= 11 is 3.54. The molecule has 0 N–H and O–H groups in total. The molecule has 2 rings (SSSR count). The molecule has 0 aliphatic heterocycles. The second kappa shape index (κ2) is 6.71. The van der Waals surface area contributed by atoms with Crippen molar-refractivity contribution in [1.82, 2.24) is 4.57 Å². The van der Waals surface area contributed by atoms with Crippen LogP contribution in [-0.2, 0) is 4.74 Å². The van der Waals surface area contributed by atoms with Crippen LogP contribution in [0, 0.1) is 6.92 Å². The number of hydrogen-bond acceptors (Lipinski definition) is 3. The maximum absolute atomic E-state index is 12.8. The highest BCUT2D eigenvalue weighted by atomic mass is 79.9. The van der Waals surface area contributed by atoms with E-state index in [1.165, 1.54) is 0 Å². The number of hydrogen-bond donors (Lipinski definition) is 0. The van der Waals surface area contributed by atoms with E-state index in [-0.39, 0.29) is 11.1 Å². The van der Waals surface area contributed by atoms with E-state index >= 15 is 0 Å². The minimum absolute atomic E-state index is 0.0613. The van der Waals surface area contributed by atoms with E-state index in [2.05, 4.69) is 49.8 Å². The van der Waals surface area contributed by atoms with Gasteiger partial charge in [-0.2, -0.15) is 0 Å². The van der Waals surface area contributed by atoms with Crippen molar-refractivity contribution >= 4 is 41.2 Å². The number of nitrogens with zero attached hydrogens (tertiary/aromatic N) is 1. The van der Waals surface area contributed by atoms with E-state index in [9.17, 15) is 4.79 Å². The predicted octanol–water partition coefficient (Wildman–Crippen LogP) is 6.88. The van der Waals surface area contributed by atoms with Gasteiger partial charge in [0.25, 0.3) is 8.32 Å². The SMILES string of the molecule is Cc1c(O[Si](C)(C)C(C)(C)C)c2cc(Br)ccc2n1C(=O)OC(C)(C)C. The normalized spacial score (nSPS) is 13.2. The van der Waals surface area contributed by atoms with Crippen LogP contribution in [0.4, 0.5) is 4.79 Å². The molecule has 0 unspecified atom stereocenters. The van der Waals surface area contributed by atoms with E-state index < -0.39 is 13.9 Å². The van der Waals surface area contributed by atoms with Crippen LogP contribution in [-0.4, -0.2) is 24.6 Å². The van der Waals surface area contributed by atoms with Crippen LogP contribution in [0.1, 0.15) is 47.2 Å². The molecule has 26 heavy (non-hydrogen) atoms. The Morgan fingerprint density at radius 2 is 1.69 bits per heavy atom. The summed E-state index contributed by atoms with van der Waals surface area (Å²) in [6.07, 6.45) is -0.382. The molecule has 4 nitrogen and oxygen atoms in total. The molecule has 1 aromatic carbocycles. The number of rotatable bonds is 2. The van der Waals surface area contributed by atoms with Gasteiger partial charge < -0.3 is 9.16 Å². The van der Waals surface area contributed by atoms with Crippen molar-refractivity contribution in [3.8, 4) is 5.75 Å². The van der Waals surface area contributed by atoms with Crippen LogP contribution in [0.3, 0.4) is 0 Å². The van der Waals surface area contributed by atoms with Crippen molar-refractivity contribution in [2.24, 2.45) is 0 Å². The smallest absolute Gasteiger partial charge is 0.419 e. The van der Waals surface area contributed by atoms with Crippen LogP contribution in [0.2, 0.25) is 18.1 Å². The average Bonchev–Trinajstić information content (AvgIpc) is 2.68. The Bertz CT molecular complexity index is 841. The summed E-state index contributed by atoms with van der Waals surface area (Å²) in [5.41, 5.74) is 1.02. The third kappa shape index (κ3) is 4.17. The van der Waals surface area contributed by atoms with Gasteiger partial charge in [-0.25, -0.2) is 9.36 Å². The molecule has 0 aliphatic carbocycles. The number of halogens is 1. The lowest BCUT2D eigenvalue weighted by Gasteiger charge is -2.36. The van der Waals surface area contributed by atoms with Crippen molar-refractivity contribution in [3.63, 3.8) is 0 Å². The van der Waals surface area contributed by atoms with Gasteiger partial charge in [0.1, 0.15) is 11.4 Å². The van der Waals surface area contributed by atoms with E-state index in [1.54, 1.807) is 4.57 Å². The molecule has 0 aliphatic rings. The number of benzene rings is 1. The van der Waals surface area contributed by atoms with Crippen LogP contribution < -0.4 is 4.43 Å². The monoisotopic (exact) mass is 439 g/mol. The maximum Gasteiger partial charge on any atom is 0.419 e. The standard InChI is InChI=1S/C20H30BrNO3Si/c1-13-17(25-26(8,9)20(5,6)7)15-12-14(21)10-11-16(15)22(13)18(23)24-19(2,3)4/h10-12H,1-9H3. The van der Waals surface area contributed by atoms with Crippen LogP contribution in [0.15, 0.2) is 22.7 Å². The molecule has 1 aromatic heterocycles. The largest absolute Gasteiger partial charge is 0.542 e. The van der Waals surface area contributed by atoms with Gasteiger partial charge >= 0.3 is 6.09 Å². The zero-order valence-electron chi connectivity index (χ0n) is 17.3. The zero-order chi connectivity index (χ0) is 20.1. The lowest BCUT2D eigenvalue weighted by molar-refractivity contribution is 0.0541. The van der Waals surface area contributed by atoms with Crippen molar-refractivity contribution < 1.29 is 14.0 Å². The molecule has 0 saturated heterocycles. The predicted molar refractivity (Wildman–Crippen MR) is 114 cm³/mol. The molecule has 0 atom stereocenters. The molecule has 0 saturated carbocycles. The van der Waals surface area contributed by atoms with E-state index in [0.29, 0.717) is 0 Å². The molecule has 6 heteroatoms. The van der Waals surface area contributed by atoms with Gasteiger partial charge in [-0.05, 0) is 64.0 Å². The van der Waals surface area contributed by atoms with Crippen molar-refractivity contribution in [2.45, 2.75) is 72.2 Å². The molecule has 1 heterocycles. The third-order valence-corrected chi connectivity index (χ3v) is 9.67. The fraction of sp³-hybridized carbons (Fsp3) is 0.550. The molecule has 0 spiro atoms. The molecule has 0 bridgehead atoms. The van der Waals surface area contributed by atoms with Gasteiger partial charge in [0.2, 0.25) is 0 Å². The Balaban J connectivity index is 2.67. The second-order valence-corrected chi connectivity index (χ2v) is 14.9. The number of carbonyl (C=O) groups excluding carboxylic acids is 1. The number of aromatic nitrogens is 1. The van der Waals surface area contributed by atoms with Crippen LogP contribution >= 0.6 is 15.9 Å². The van der Waals surface area contributed by atoms with Crippen molar-refractivity contribution in [1.29, 1.82) is 0 Å². The second-order valence-electron chi connectivity index (χ2n) is 9.25. The number of fused-ring (bicyclic) bond motifs is 1. The lowest BCUT2D eigenvalue weighted by atomic mass is 10.2. The first kappa shape index (κ1) is 21.0. The summed E-state index contributed by atoms with van der Waals surface area (Å²) in [6, 6.07) is 5.86. The molecule has 144 valence electrons. The zero-order valence-corrected chi connectivity index (χ0v) is 19.9. The van der Waals surface area contributed by atoms with E-state index in [4.69, 9.17) is 9.16 Å². The van der Waals surface area contributed by atoms with Gasteiger partial charge in [-0.1, -0.05) is 36.7 Å². The number of ether oxygens (including phenoxy) is 1. The first-order valence-corrected chi connectivity index (χ1v) is 12.6. The molecule has 0 fully saturated rings. The molecular weight excluding hydrogens is 410 g/mol. The third-order valence-electron chi connectivity index (χ3n) is 4.85. The summed E-state index contributed by atoms with van der Waals surface area (Å²) in [4.78, 5) is 12.8. The van der Waals surface area contributed by atoms with Gasteiger partial charge in [0.15, 0.2) is 0 Å². The molecule has 0 radical (unpaired) electrons. The minimum Gasteiger partial charge on any atom is -0.542 e. The first-order chi connectivity index (χ1) is 11.6. The quantitative estimate of drug-likeness (QED) is 0.478. The minimum atomic E-state index is -2.06. The van der Waals surface area contributed by atoms with Crippen LogP contribution in [0.25, 0.3) is 10.9 Å². The van der Waals surface area contributed by atoms with Gasteiger partial charge in [0, 0.05) is 9.86 Å². The van der Waals surface area contributed by atoms with Gasteiger partial charge in [0.05, 0.1) is 11.2 Å². The fourth-order valence-corrected chi connectivity index (χ4v) is 3.88. The number of carbonyl (C=O) groups is 1.